The molecule has 1 saturated heterocycles. The van der Waals surface area contributed by atoms with E-state index in [-0.39, 0.29) is 18.2 Å². The first-order valence-electron chi connectivity index (χ1n) is 5.16. The van der Waals surface area contributed by atoms with Crippen LogP contribution in [-0.4, -0.2) is 16.8 Å². The van der Waals surface area contributed by atoms with E-state index in [1.807, 2.05) is 0 Å². The predicted octanol–water partition coefficient (Wildman–Crippen LogP) is 1.48. The molecule has 1 aromatic heterocycles. The summed E-state index contributed by atoms with van der Waals surface area (Å²) in [6, 6.07) is 1.26. The molecule has 1 unspecified atom stereocenters. The Morgan fingerprint density at radius 3 is 2.94 bits per heavy atom. The second kappa shape index (κ2) is 4.79. The van der Waals surface area contributed by atoms with Crippen LogP contribution in [0.4, 0.5) is 4.39 Å². The fourth-order valence-electron chi connectivity index (χ4n) is 1.87. The van der Waals surface area contributed by atoms with Crippen LogP contribution >= 0.6 is 11.6 Å². The normalized spacial score (nSPS) is 20.2. The molecule has 1 aliphatic heterocycles. The number of halogens is 2. The number of pyridine rings is 1. The lowest BCUT2D eigenvalue weighted by Crippen LogP contribution is -2.40. The van der Waals surface area contributed by atoms with Crippen molar-refractivity contribution in [3.63, 3.8) is 0 Å². The minimum atomic E-state index is -0.526. The maximum Gasteiger partial charge on any atom is 0.235 e. The van der Waals surface area contributed by atoms with Crippen molar-refractivity contribution < 1.29 is 14.0 Å². The van der Waals surface area contributed by atoms with Gasteiger partial charge >= 0.3 is 0 Å². The van der Waals surface area contributed by atoms with E-state index in [9.17, 15) is 14.0 Å². The van der Waals surface area contributed by atoms with Crippen LogP contribution in [0.2, 0.25) is 0 Å². The molecule has 0 spiro atoms. The van der Waals surface area contributed by atoms with Crippen LogP contribution in [0, 0.1) is 5.82 Å². The number of aromatic nitrogens is 1. The van der Waals surface area contributed by atoms with Crippen LogP contribution in [-0.2, 0) is 15.5 Å². The topological polar surface area (TPSA) is 59.1 Å². The van der Waals surface area contributed by atoms with E-state index in [4.69, 9.17) is 11.6 Å². The summed E-state index contributed by atoms with van der Waals surface area (Å²) < 4.78 is 13.0. The Morgan fingerprint density at radius 2 is 2.29 bits per heavy atom. The van der Waals surface area contributed by atoms with Crippen molar-refractivity contribution in [1.82, 2.24) is 10.3 Å². The number of carbonyl (C=O) groups excluding carboxylic acids is 2. The van der Waals surface area contributed by atoms with Gasteiger partial charge in [-0.25, -0.2) is 4.39 Å². The first-order valence-corrected chi connectivity index (χ1v) is 5.69. The van der Waals surface area contributed by atoms with Crippen molar-refractivity contribution in [2.45, 2.75) is 24.6 Å². The van der Waals surface area contributed by atoms with Gasteiger partial charge in [0.25, 0.3) is 0 Å². The third-order valence-electron chi connectivity index (χ3n) is 2.68. The van der Waals surface area contributed by atoms with E-state index in [1.165, 1.54) is 6.07 Å². The fourth-order valence-corrected chi connectivity index (χ4v) is 2.08. The van der Waals surface area contributed by atoms with Crippen LogP contribution in [0.15, 0.2) is 12.3 Å². The molecule has 0 aliphatic carbocycles. The van der Waals surface area contributed by atoms with Gasteiger partial charge in [0.05, 0.1) is 17.8 Å². The maximum absolute atomic E-state index is 13.0. The van der Waals surface area contributed by atoms with Gasteiger partial charge in [0.15, 0.2) is 0 Å². The maximum atomic E-state index is 13.0. The van der Waals surface area contributed by atoms with E-state index in [1.54, 1.807) is 0 Å². The molecule has 0 bridgehead atoms. The smallest absolute Gasteiger partial charge is 0.235 e. The van der Waals surface area contributed by atoms with E-state index >= 15 is 0 Å². The van der Waals surface area contributed by atoms with Crippen LogP contribution in [0.5, 0.6) is 0 Å². The van der Waals surface area contributed by atoms with Crippen LogP contribution < -0.4 is 5.32 Å². The Kier molecular flexibility index (Phi) is 3.38. The highest BCUT2D eigenvalue weighted by Crippen LogP contribution is 2.27. The van der Waals surface area contributed by atoms with Gasteiger partial charge in [0.2, 0.25) is 11.8 Å². The summed E-state index contributed by atoms with van der Waals surface area (Å²) in [6.45, 7) is 0. The van der Waals surface area contributed by atoms with Crippen molar-refractivity contribution in [3.05, 3.63) is 29.3 Å². The molecule has 0 radical (unpaired) electrons. The van der Waals surface area contributed by atoms with Crippen molar-refractivity contribution in [2.75, 3.05) is 0 Å². The number of hydrogen-bond acceptors (Lipinski definition) is 3. The third-order valence-corrected chi connectivity index (χ3v) is 2.97. The molecule has 1 aromatic rings. The second-order valence-corrected chi connectivity index (χ2v) is 4.10. The molecule has 17 heavy (non-hydrogen) atoms. The molecule has 1 aliphatic rings. The molecule has 2 heterocycles. The van der Waals surface area contributed by atoms with Gasteiger partial charge in [-0.05, 0) is 18.1 Å². The molecular formula is C11H10ClFN2O2. The standard InChI is InChI=1S/C11H10ClFN2O2/c12-4-6-3-7(13)5-14-10(6)8-1-2-9(16)15-11(8)17/h3,5,8H,1-2,4H2,(H,15,16,17). The lowest BCUT2D eigenvalue weighted by atomic mass is 9.92. The summed E-state index contributed by atoms with van der Waals surface area (Å²) in [5.74, 6) is -1.62. The van der Waals surface area contributed by atoms with Gasteiger partial charge in [0.1, 0.15) is 5.82 Å². The number of hydrogen-bond donors (Lipinski definition) is 1. The van der Waals surface area contributed by atoms with Gasteiger partial charge < -0.3 is 0 Å². The van der Waals surface area contributed by atoms with Crippen LogP contribution in [0.1, 0.15) is 30.0 Å². The largest absolute Gasteiger partial charge is 0.296 e. The van der Waals surface area contributed by atoms with Gasteiger partial charge in [-0.2, -0.15) is 0 Å². The molecule has 1 atom stereocenters. The predicted molar refractivity (Wildman–Crippen MR) is 58.9 cm³/mol. The Balaban J connectivity index is 2.33. The van der Waals surface area contributed by atoms with Crippen LogP contribution in [0.3, 0.4) is 0 Å². The highest BCUT2D eigenvalue weighted by atomic mass is 35.5. The quantitative estimate of drug-likeness (QED) is 0.644. The summed E-state index contributed by atoms with van der Waals surface area (Å²) in [4.78, 5) is 26.6. The van der Waals surface area contributed by atoms with Crippen molar-refractivity contribution in [3.8, 4) is 0 Å². The number of piperidine rings is 1. The van der Waals surface area contributed by atoms with Crippen LogP contribution in [0.25, 0.3) is 0 Å². The van der Waals surface area contributed by atoms with Crippen molar-refractivity contribution in [1.29, 1.82) is 0 Å². The summed E-state index contributed by atoms with van der Waals surface area (Å²) >= 11 is 5.69. The number of nitrogens with one attached hydrogen (secondary N) is 1. The van der Waals surface area contributed by atoms with Gasteiger partial charge in [-0.1, -0.05) is 0 Å². The van der Waals surface area contributed by atoms with Gasteiger partial charge in [-0.15, -0.1) is 11.6 Å². The van der Waals surface area contributed by atoms with Gasteiger partial charge in [0, 0.05) is 12.3 Å². The SMILES string of the molecule is O=C1CCC(c2ncc(F)cc2CCl)C(=O)N1. The average molecular weight is 257 g/mol. The number of alkyl halides is 1. The van der Waals surface area contributed by atoms with E-state index in [0.717, 1.165) is 6.20 Å². The zero-order chi connectivity index (χ0) is 12.4. The summed E-state index contributed by atoms with van der Waals surface area (Å²) in [5.41, 5.74) is 0.938. The Hall–Kier alpha value is -1.49. The molecule has 1 N–H and O–H groups in total. The lowest BCUT2D eigenvalue weighted by molar-refractivity contribution is -0.134. The first kappa shape index (κ1) is 12.0. The fraction of sp³-hybridized carbons (Fsp3) is 0.364. The summed E-state index contributed by atoms with van der Waals surface area (Å²) in [7, 11) is 0. The molecule has 0 aromatic carbocycles. The monoisotopic (exact) mass is 256 g/mol. The number of nitrogens with zero attached hydrogens (tertiary/aromatic N) is 1. The third kappa shape index (κ3) is 2.44. The molecule has 2 amide bonds. The Bertz CT molecular complexity index is 479. The van der Waals surface area contributed by atoms with E-state index < -0.39 is 17.6 Å². The van der Waals surface area contributed by atoms with E-state index in [2.05, 4.69) is 10.3 Å². The first-order chi connectivity index (χ1) is 8.11. The summed E-state index contributed by atoms with van der Waals surface area (Å²) in [6.07, 6.45) is 1.69. The number of imide groups is 1. The molecule has 0 saturated carbocycles. The zero-order valence-corrected chi connectivity index (χ0v) is 9.63. The van der Waals surface area contributed by atoms with E-state index in [0.29, 0.717) is 17.7 Å². The van der Waals surface area contributed by atoms with Crippen molar-refractivity contribution in [2.24, 2.45) is 0 Å². The zero-order valence-electron chi connectivity index (χ0n) is 8.87. The Labute approximate surface area is 102 Å². The molecule has 4 nitrogen and oxygen atoms in total. The number of rotatable bonds is 2. The summed E-state index contributed by atoms with van der Waals surface area (Å²) in [5, 5.41) is 2.24. The highest BCUT2D eigenvalue weighted by molar-refractivity contribution is 6.17. The van der Waals surface area contributed by atoms with Crippen molar-refractivity contribution >= 4 is 23.4 Å². The molecule has 2 rings (SSSR count). The molecule has 1 fully saturated rings. The minimum Gasteiger partial charge on any atom is -0.296 e. The lowest BCUT2D eigenvalue weighted by Gasteiger charge is -2.21. The number of amides is 2. The highest BCUT2D eigenvalue weighted by Gasteiger charge is 2.30. The van der Waals surface area contributed by atoms with Gasteiger partial charge in [-0.3, -0.25) is 19.9 Å². The molecule has 90 valence electrons. The minimum absolute atomic E-state index is 0.0812. The average Bonchev–Trinajstić information content (AvgIpc) is 2.30. The Morgan fingerprint density at radius 1 is 1.53 bits per heavy atom. The molecule has 6 heteroatoms. The molecular weight excluding hydrogens is 247 g/mol. The number of carbonyl (C=O) groups is 2. The second-order valence-electron chi connectivity index (χ2n) is 3.84.